The Hall–Kier alpha value is -3.89. The lowest BCUT2D eigenvalue weighted by molar-refractivity contribution is -0.201. The first-order valence-electron chi connectivity index (χ1n) is 11.5. The van der Waals surface area contributed by atoms with Crippen LogP contribution in [0.4, 0.5) is 26.3 Å². The van der Waals surface area contributed by atoms with Crippen molar-refractivity contribution in [3.63, 3.8) is 0 Å². The van der Waals surface area contributed by atoms with Gasteiger partial charge in [-0.3, -0.25) is 4.98 Å². The molecular weight excluding hydrogens is 510 g/mol. The summed E-state index contributed by atoms with van der Waals surface area (Å²) in [5.41, 5.74) is 0.536. The van der Waals surface area contributed by atoms with Crippen LogP contribution in [0.2, 0.25) is 0 Å². The zero-order valence-corrected chi connectivity index (χ0v) is 19.7. The molecule has 1 unspecified atom stereocenters. The molecule has 0 aliphatic heterocycles. The van der Waals surface area contributed by atoms with Crippen molar-refractivity contribution in [1.29, 1.82) is 0 Å². The molecular formula is C28H22F6N2O2. The standard InChI is InChI=1S/C28H22F6N2O2/c29-27(30,31)24-10-5-13-36-26(24)19-11-12-20(16-35-17-25(37)28(32,33)34)23(15-19)18-6-4-9-22(14-18)38-21-7-2-1-3-8-21/h1-15,25,35,37H,16-17H2. The number of aromatic nitrogens is 1. The van der Waals surface area contributed by atoms with Gasteiger partial charge in [-0.15, -0.1) is 0 Å². The van der Waals surface area contributed by atoms with Crippen molar-refractivity contribution in [2.45, 2.75) is 25.0 Å². The van der Waals surface area contributed by atoms with Crippen LogP contribution in [0.5, 0.6) is 11.5 Å². The Kier molecular flexibility index (Phi) is 8.03. The van der Waals surface area contributed by atoms with E-state index in [1.165, 1.54) is 30.5 Å². The molecule has 0 amide bonds. The van der Waals surface area contributed by atoms with Crippen LogP contribution in [0.3, 0.4) is 0 Å². The van der Waals surface area contributed by atoms with Gasteiger partial charge in [0.15, 0.2) is 6.10 Å². The average Bonchev–Trinajstić information content (AvgIpc) is 2.88. The highest BCUT2D eigenvalue weighted by Gasteiger charge is 2.37. The maximum absolute atomic E-state index is 13.7. The molecule has 4 aromatic rings. The molecule has 0 aliphatic rings. The highest BCUT2D eigenvalue weighted by molar-refractivity contribution is 5.76. The van der Waals surface area contributed by atoms with E-state index in [1.54, 1.807) is 48.5 Å². The van der Waals surface area contributed by atoms with Gasteiger partial charge in [-0.1, -0.05) is 42.5 Å². The van der Waals surface area contributed by atoms with E-state index in [-0.39, 0.29) is 17.8 Å². The summed E-state index contributed by atoms with van der Waals surface area (Å²) in [6.45, 7) is -0.832. The molecule has 1 heterocycles. The largest absolute Gasteiger partial charge is 0.457 e. The van der Waals surface area contributed by atoms with Crippen LogP contribution < -0.4 is 10.1 Å². The zero-order chi connectivity index (χ0) is 27.3. The number of pyridine rings is 1. The number of nitrogens with one attached hydrogen (secondary N) is 1. The van der Waals surface area contributed by atoms with E-state index in [0.717, 1.165) is 6.07 Å². The van der Waals surface area contributed by atoms with E-state index in [0.29, 0.717) is 28.2 Å². The summed E-state index contributed by atoms with van der Waals surface area (Å²) in [7, 11) is 0. The van der Waals surface area contributed by atoms with Gasteiger partial charge >= 0.3 is 12.4 Å². The van der Waals surface area contributed by atoms with Crippen LogP contribution in [0.1, 0.15) is 11.1 Å². The quantitative estimate of drug-likeness (QED) is 0.235. The van der Waals surface area contributed by atoms with Crippen LogP contribution in [-0.2, 0) is 12.7 Å². The van der Waals surface area contributed by atoms with E-state index in [9.17, 15) is 31.4 Å². The van der Waals surface area contributed by atoms with Gasteiger partial charge in [0, 0.05) is 24.8 Å². The molecule has 1 aromatic heterocycles. The molecule has 0 spiro atoms. The molecule has 38 heavy (non-hydrogen) atoms. The Morgan fingerprint density at radius 1 is 0.789 bits per heavy atom. The lowest BCUT2D eigenvalue weighted by atomic mass is 9.94. The Bertz CT molecular complexity index is 1370. The minimum Gasteiger partial charge on any atom is -0.457 e. The van der Waals surface area contributed by atoms with Crippen LogP contribution in [0.25, 0.3) is 22.4 Å². The lowest BCUT2D eigenvalue weighted by Gasteiger charge is -2.18. The number of benzene rings is 3. The Labute approximate surface area is 214 Å². The van der Waals surface area contributed by atoms with Gasteiger partial charge in [0.1, 0.15) is 11.5 Å². The first kappa shape index (κ1) is 27.2. The fourth-order valence-corrected chi connectivity index (χ4v) is 3.82. The van der Waals surface area contributed by atoms with E-state index in [4.69, 9.17) is 4.74 Å². The number of hydrogen-bond donors (Lipinski definition) is 2. The zero-order valence-electron chi connectivity index (χ0n) is 19.7. The Morgan fingerprint density at radius 3 is 2.24 bits per heavy atom. The number of rotatable bonds is 8. The maximum Gasteiger partial charge on any atom is 0.418 e. The van der Waals surface area contributed by atoms with Crippen molar-refractivity contribution in [1.82, 2.24) is 10.3 Å². The van der Waals surface area contributed by atoms with Gasteiger partial charge in [-0.25, -0.2) is 0 Å². The van der Waals surface area contributed by atoms with Gasteiger partial charge in [-0.05, 0) is 59.2 Å². The molecule has 198 valence electrons. The van der Waals surface area contributed by atoms with Crippen LogP contribution in [0.15, 0.2) is 91.1 Å². The van der Waals surface area contributed by atoms with E-state index in [2.05, 4.69) is 10.3 Å². The molecule has 1 atom stereocenters. The predicted octanol–water partition coefficient (Wildman–Crippen LogP) is 7.24. The van der Waals surface area contributed by atoms with E-state index >= 15 is 0 Å². The number of alkyl halides is 6. The molecule has 10 heteroatoms. The Morgan fingerprint density at radius 2 is 1.53 bits per heavy atom. The third-order valence-corrected chi connectivity index (χ3v) is 5.65. The predicted molar refractivity (Wildman–Crippen MR) is 130 cm³/mol. The second kappa shape index (κ2) is 11.2. The second-order valence-corrected chi connectivity index (χ2v) is 8.40. The van der Waals surface area contributed by atoms with Crippen LogP contribution in [0, 0.1) is 0 Å². The SMILES string of the molecule is OC(CNCc1ccc(-c2ncccc2C(F)(F)F)cc1-c1cccc(Oc2ccccc2)c1)C(F)(F)F. The summed E-state index contributed by atoms with van der Waals surface area (Å²) in [5, 5.41) is 11.9. The monoisotopic (exact) mass is 532 g/mol. The number of nitrogens with zero attached hydrogens (tertiary/aromatic N) is 1. The normalized spacial score (nSPS) is 12.8. The molecule has 0 fully saturated rings. The number of halogens is 6. The molecule has 4 rings (SSSR count). The summed E-state index contributed by atoms with van der Waals surface area (Å²) in [6, 6.07) is 22.4. The topological polar surface area (TPSA) is 54.4 Å². The molecule has 0 saturated carbocycles. The van der Waals surface area contributed by atoms with Crippen molar-refractivity contribution in [2.24, 2.45) is 0 Å². The van der Waals surface area contributed by atoms with Crippen molar-refractivity contribution < 1.29 is 36.2 Å². The molecule has 2 N–H and O–H groups in total. The number of aliphatic hydroxyl groups excluding tert-OH is 1. The number of para-hydroxylation sites is 1. The smallest absolute Gasteiger partial charge is 0.418 e. The van der Waals surface area contributed by atoms with Crippen molar-refractivity contribution >= 4 is 0 Å². The summed E-state index contributed by atoms with van der Waals surface area (Å²) in [4.78, 5) is 3.95. The third-order valence-electron chi connectivity index (χ3n) is 5.65. The average molecular weight is 532 g/mol. The summed E-state index contributed by atoms with van der Waals surface area (Å²) < 4.78 is 85.0. The molecule has 0 aliphatic carbocycles. The highest BCUT2D eigenvalue weighted by atomic mass is 19.4. The second-order valence-electron chi connectivity index (χ2n) is 8.40. The summed E-state index contributed by atoms with van der Waals surface area (Å²) in [6.07, 6.45) is -10.7. The van der Waals surface area contributed by atoms with Crippen molar-refractivity contribution in [2.75, 3.05) is 6.54 Å². The summed E-state index contributed by atoms with van der Waals surface area (Å²) in [5.74, 6) is 1.03. The van der Waals surface area contributed by atoms with Gasteiger partial charge < -0.3 is 15.2 Å². The number of aliphatic hydroxyl groups is 1. The maximum atomic E-state index is 13.7. The van der Waals surface area contributed by atoms with E-state index in [1.807, 2.05) is 6.07 Å². The van der Waals surface area contributed by atoms with Crippen molar-refractivity contribution in [3.05, 3.63) is 102 Å². The fraction of sp³-hybridized carbons (Fsp3) is 0.179. The van der Waals surface area contributed by atoms with Gasteiger partial charge in [0.25, 0.3) is 0 Å². The highest BCUT2D eigenvalue weighted by Crippen LogP contribution is 2.38. The number of ether oxygens (including phenoxy) is 1. The lowest BCUT2D eigenvalue weighted by Crippen LogP contribution is -2.38. The Balaban J connectivity index is 1.73. The fourth-order valence-electron chi connectivity index (χ4n) is 3.82. The van der Waals surface area contributed by atoms with Gasteiger partial charge in [0.05, 0.1) is 11.3 Å². The van der Waals surface area contributed by atoms with Crippen LogP contribution in [-0.4, -0.2) is 28.9 Å². The number of hydrogen-bond acceptors (Lipinski definition) is 4. The first-order valence-corrected chi connectivity index (χ1v) is 11.5. The minimum absolute atomic E-state index is 0.0825. The molecule has 4 nitrogen and oxygen atoms in total. The van der Waals surface area contributed by atoms with Gasteiger partial charge in [-0.2, -0.15) is 26.3 Å². The van der Waals surface area contributed by atoms with Crippen LogP contribution >= 0.6 is 0 Å². The third kappa shape index (κ3) is 6.70. The molecule has 3 aromatic carbocycles. The molecule has 0 saturated heterocycles. The van der Waals surface area contributed by atoms with Gasteiger partial charge in [0.2, 0.25) is 0 Å². The van der Waals surface area contributed by atoms with E-state index < -0.39 is 30.6 Å². The minimum atomic E-state index is -4.78. The molecule has 0 bridgehead atoms. The van der Waals surface area contributed by atoms with Crippen molar-refractivity contribution in [3.8, 4) is 33.9 Å². The summed E-state index contributed by atoms with van der Waals surface area (Å²) >= 11 is 0. The molecule has 0 radical (unpaired) electrons. The first-order chi connectivity index (χ1) is 18.0.